The van der Waals surface area contributed by atoms with Crippen LogP contribution in [-0.4, -0.2) is 61.2 Å². The molecule has 2 atom stereocenters. The van der Waals surface area contributed by atoms with Gasteiger partial charge in [0.15, 0.2) is 0 Å². The first kappa shape index (κ1) is 23.6. The number of hydrogen-bond acceptors (Lipinski definition) is 6. The molecule has 32 heavy (non-hydrogen) atoms. The highest BCUT2D eigenvalue weighted by molar-refractivity contribution is 7.92. The normalized spacial score (nSPS) is 17.3. The predicted octanol–water partition coefficient (Wildman–Crippen LogP) is 2.49. The van der Waals surface area contributed by atoms with Crippen molar-refractivity contribution in [1.29, 1.82) is 0 Å². The SMILES string of the molecule is COC(=O)N[C@H](C(=O)N1CCC[C@H]1c1ncc(-c2ccc(NS(C)(=O)=O)cc2)[nH]1)C(C)C. The number of likely N-dealkylation sites (tertiary alicyclic amines) is 1. The number of hydrogen-bond donors (Lipinski definition) is 3. The average Bonchev–Trinajstić information content (AvgIpc) is 3.39. The summed E-state index contributed by atoms with van der Waals surface area (Å²) in [6.07, 6.45) is 3.76. The van der Waals surface area contributed by atoms with E-state index in [0.29, 0.717) is 18.1 Å². The minimum Gasteiger partial charge on any atom is -0.453 e. The second kappa shape index (κ2) is 9.60. The predicted molar refractivity (Wildman–Crippen MR) is 120 cm³/mol. The highest BCUT2D eigenvalue weighted by Crippen LogP contribution is 2.32. The third-order valence-electron chi connectivity index (χ3n) is 5.34. The molecule has 174 valence electrons. The maximum absolute atomic E-state index is 13.2. The van der Waals surface area contributed by atoms with Crippen molar-refractivity contribution in [3.8, 4) is 11.3 Å². The number of carbonyl (C=O) groups is 2. The number of amides is 2. The van der Waals surface area contributed by atoms with Gasteiger partial charge in [-0.15, -0.1) is 0 Å². The molecule has 2 heterocycles. The van der Waals surface area contributed by atoms with E-state index in [1.165, 1.54) is 7.11 Å². The molecule has 2 aromatic rings. The summed E-state index contributed by atoms with van der Waals surface area (Å²) in [5.74, 6) is 0.404. The van der Waals surface area contributed by atoms with Crippen LogP contribution in [0.25, 0.3) is 11.3 Å². The van der Waals surface area contributed by atoms with Crippen LogP contribution in [0.2, 0.25) is 0 Å². The zero-order valence-corrected chi connectivity index (χ0v) is 19.4. The number of imidazole rings is 1. The van der Waals surface area contributed by atoms with Crippen molar-refractivity contribution >= 4 is 27.7 Å². The van der Waals surface area contributed by atoms with E-state index < -0.39 is 22.2 Å². The van der Waals surface area contributed by atoms with Gasteiger partial charge in [0.2, 0.25) is 15.9 Å². The molecule has 1 aliphatic rings. The molecule has 0 saturated carbocycles. The van der Waals surface area contributed by atoms with Gasteiger partial charge in [-0.2, -0.15) is 0 Å². The van der Waals surface area contributed by atoms with Crippen molar-refractivity contribution in [3.63, 3.8) is 0 Å². The molecule has 3 rings (SSSR count). The van der Waals surface area contributed by atoms with E-state index in [-0.39, 0.29) is 17.9 Å². The fourth-order valence-corrected chi connectivity index (χ4v) is 4.34. The second-order valence-corrected chi connectivity index (χ2v) is 9.93. The van der Waals surface area contributed by atoms with E-state index in [2.05, 4.69) is 24.7 Å². The van der Waals surface area contributed by atoms with Crippen molar-refractivity contribution < 1.29 is 22.7 Å². The number of anilines is 1. The van der Waals surface area contributed by atoms with Crippen LogP contribution in [0.4, 0.5) is 10.5 Å². The van der Waals surface area contributed by atoms with E-state index in [0.717, 1.165) is 30.4 Å². The number of ether oxygens (including phenoxy) is 1. The average molecular weight is 464 g/mol. The first-order valence-electron chi connectivity index (χ1n) is 10.4. The van der Waals surface area contributed by atoms with Gasteiger partial charge in [-0.25, -0.2) is 18.2 Å². The van der Waals surface area contributed by atoms with Gasteiger partial charge in [0.1, 0.15) is 11.9 Å². The summed E-state index contributed by atoms with van der Waals surface area (Å²) in [6.45, 7) is 4.32. The Morgan fingerprint density at radius 1 is 1.25 bits per heavy atom. The Balaban J connectivity index is 1.77. The second-order valence-electron chi connectivity index (χ2n) is 8.18. The van der Waals surface area contributed by atoms with Crippen LogP contribution in [0.1, 0.15) is 38.6 Å². The van der Waals surface area contributed by atoms with Gasteiger partial charge < -0.3 is 19.9 Å². The van der Waals surface area contributed by atoms with Gasteiger partial charge >= 0.3 is 6.09 Å². The highest BCUT2D eigenvalue weighted by Gasteiger charge is 2.37. The molecule has 0 radical (unpaired) electrons. The lowest BCUT2D eigenvalue weighted by atomic mass is 10.0. The number of aromatic nitrogens is 2. The lowest BCUT2D eigenvalue weighted by Crippen LogP contribution is -2.51. The summed E-state index contributed by atoms with van der Waals surface area (Å²) >= 11 is 0. The van der Waals surface area contributed by atoms with Crippen LogP contribution >= 0.6 is 0 Å². The third kappa shape index (κ3) is 5.58. The molecule has 0 unspecified atom stereocenters. The summed E-state index contributed by atoms with van der Waals surface area (Å²) in [4.78, 5) is 34.4. The highest BCUT2D eigenvalue weighted by atomic mass is 32.2. The Morgan fingerprint density at radius 2 is 1.94 bits per heavy atom. The van der Waals surface area contributed by atoms with Gasteiger partial charge in [0.25, 0.3) is 0 Å². The molecule has 1 aromatic carbocycles. The number of rotatable bonds is 7. The van der Waals surface area contributed by atoms with Crippen molar-refractivity contribution in [2.75, 3.05) is 24.6 Å². The Labute approximate surface area is 187 Å². The minimum atomic E-state index is -3.34. The molecule has 1 aliphatic heterocycles. The van der Waals surface area contributed by atoms with E-state index in [1.54, 1.807) is 35.4 Å². The van der Waals surface area contributed by atoms with Gasteiger partial charge in [-0.3, -0.25) is 9.52 Å². The van der Waals surface area contributed by atoms with Gasteiger partial charge in [0.05, 0.1) is 31.3 Å². The van der Waals surface area contributed by atoms with Gasteiger partial charge in [-0.05, 0) is 36.5 Å². The molecule has 2 amide bonds. The maximum Gasteiger partial charge on any atom is 0.407 e. The van der Waals surface area contributed by atoms with E-state index >= 15 is 0 Å². The number of alkyl carbamates (subject to hydrolysis) is 1. The molecule has 0 aliphatic carbocycles. The fourth-order valence-electron chi connectivity index (χ4n) is 3.78. The molecule has 1 fully saturated rings. The van der Waals surface area contributed by atoms with Crippen LogP contribution in [0, 0.1) is 5.92 Å². The van der Waals surface area contributed by atoms with Crippen LogP contribution in [0.5, 0.6) is 0 Å². The summed E-state index contributed by atoms with van der Waals surface area (Å²) in [5.41, 5.74) is 2.07. The minimum absolute atomic E-state index is 0.103. The van der Waals surface area contributed by atoms with Crippen molar-refractivity contribution in [3.05, 3.63) is 36.3 Å². The molecule has 3 N–H and O–H groups in total. The monoisotopic (exact) mass is 463 g/mol. The van der Waals surface area contributed by atoms with E-state index in [4.69, 9.17) is 0 Å². The molecule has 1 saturated heterocycles. The number of aromatic amines is 1. The molecular weight excluding hydrogens is 434 g/mol. The number of methoxy groups -OCH3 is 1. The summed E-state index contributed by atoms with van der Waals surface area (Å²) in [5, 5.41) is 2.64. The summed E-state index contributed by atoms with van der Waals surface area (Å²) in [6, 6.07) is 6.02. The standard InChI is InChI=1S/C21H29N5O5S/c1-13(2)18(24-21(28)31-3)20(27)26-11-5-6-17(26)19-22-12-16(23-19)14-7-9-15(10-8-14)25-32(4,29)30/h7-10,12-13,17-18,25H,5-6,11H2,1-4H3,(H,22,23)(H,24,28)/t17-,18-/m0/s1. The lowest BCUT2D eigenvalue weighted by Gasteiger charge is -2.30. The number of nitrogens with one attached hydrogen (secondary N) is 3. The number of H-pyrrole nitrogens is 1. The Bertz CT molecular complexity index is 1060. The third-order valence-corrected chi connectivity index (χ3v) is 5.94. The van der Waals surface area contributed by atoms with Crippen molar-refractivity contribution in [1.82, 2.24) is 20.2 Å². The number of carbonyl (C=O) groups excluding carboxylic acids is 2. The molecule has 1 aromatic heterocycles. The fraction of sp³-hybridized carbons (Fsp3) is 0.476. The van der Waals surface area contributed by atoms with Crippen LogP contribution in [-0.2, 0) is 19.6 Å². The number of benzene rings is 1. The Hall–Kier alpha value is -3.08. The Morgan fingerprint density at radius 3 is 2.53 bits per heavy atom. The Kier molecular flexibility index (Phi) is 7.07. The largest absolute Gasteiger partial charge is 0.453 e. The molecule has 0 spiro atoms. The first-order chi connectivity index (χ1) is 15.1. The lowest BCUT2D eigenvalue weighted by molar-refractivity contribution is -0.135. The van der Waals surface area contributed by atoms with E-state index in [9.17, 15) is 18.0 Å². The maximum atomic E-state index is 13.2. The van der Waals surface area contributed by atoms with Crippen LogP contribution in [0.15, 0.2) is 30.5 Å². The molecule has 11 heteroatoms. The quantitative estimate of drug-likeness (QED) is 0.578. The topological polar surface area (TPSA) is 133 Å². The van der Waals surface area contributed by atoms with E-state index in [1.807, 2.05) is 13.8 Å². The smallest absolute Gasteiger partial charge is 0.407 e. The van der Waals surface area contributed by atoms with Crippen molar-refractivity contribution in [2.24, 2.45) is 5.92 Å². The van der Waals surface area contributed by atoms with Crippen LogP contribution in [0.3, 0.4) is 0 Å². The molecule has 0 bridgehead atoms. The van der Waals surface area contributed by atoms with Gasteiger partial charge in [-0.1, -0.05) is 26.0 Å². The number of sulfonamides is 1. The van der Waals surface area contributed by atoms with Crippen molar-refractivity contribution in [2.45, 2.75) is 38.8 Å². The number of nitrogens with zero attached hydrogens (tertiary/aromatic N) is 2. The zero-order chi connectivity index (χ0) is 23.5. The zero-order valence-electron chi connectivity index (χ0n) is 18.6. The summed E-state index contributed by atoms with van der Waals surface area (Å²) < 4.78 is 29.8. The van der Waals surface area contributed by atoms with Gasteiger partial charge in [0, 0.05) is 12.2 Å². The summed E-state index contributed by atoms with van der Waals surface area (Å²) in [7, 11) is -2.07. The molecular formula is C21H29N5O5S. The first-order valence-corrected chi connectivity index (χ1v) is 12.3. The molecule has 10 nitrogen and oxygen atoms in total. The van der Waals surface area contributed by atoms with Crippen LogP contribution < -0.4 is 10.0 Å².